The number of likely N-dealkylation sites (tertiary alicyclic amines) is 1. The number of carbonyl (C=O) groups is 2. The van der Waals surface area contributed by atoms with Crippen LogP contribution in [0.5, 0.6) is 0 Å². The molecule has 0 atom stereocenters. The van der Waals surface area contributed by atoms with E-state index < -0.39 is 5.97 Å². The summed E-state index contributed by atoms with van der Waals surface area (Å²) < 4.78 is 5.51. The third kappa shape index (κ3) is 5.99. The van der Waals surface area contributed by atoms with Gasteiger partial charge in [-0.3, -0.25) is 4.79 Å². The maximum atomic E-state index is 12.3. The zero-order valence-corrected chi connectivity index (χ0v) is 12.4. The number of hydrogen-bond donors (Lipinski definition) is 1. The molecule has 1 aliphatic rings. The van der Waals surface area contributed by atoms with E-state index in [-0.39, 0.29) is 25.2 Å². The minimum atomic E-state index is -0.855. The number of piperidine rings is 1. The van der Waals surface area contributed by atoms with Crippen LogP contribution in [0.1, 0.15) is 19.3 Å². The molecule has 1 fully saturated rings. The highest BCUT2D eigenvalue weighted by Crippen LogP contribution is 2.15. The van der Waals surface area contributed by atoms with Gasteiger partial charge in [0.2, 0.25) is 0 Å². The molecule has 0 radical (unpaired) electrons. The highest BCUT2D eigenvalue weighted by molar-refractivity contribution is 5.75. The molecule has 0 aliphatic carbocycles. The Morgan fingerprint density at radius 3 is 2.29 bits per heavy atom. The van der Waals surface area contributed by atoms with E-state index in [0.717, 1.165) is 12.8 Å². The first-order valence-corrected chi connectivity index (χ1v) is 7.17. The molecule has 21 heavy (non-hydrogen) atoms. The molecule has 1 rings (SSSR count). The summed E-state index contributed by atoms with van der Waals surface area (Å²) in [6.45, 7) is 9.79. The Labute approximate surface area is 125 Å². The first kappa shape index (κ1) is 17.2. The first-order chi connectivity index (χ1) is 10.1. The van der Waals surface area contributed by atoms with Crippen LogP contribution in [0.2, 0.25) is 0 Å². The normalized spacial score (nSPS) is 15.5. The van der Waals surface area contributed by atoms with Gasteiger partial charge in [0.1, 0.15) is 0 Å². The second-order valence-corrected chi connectivity index (χ2v) is 4.97. The first-order valence-electron chi connectivity index (χ1n) is 7.17. The van der Waals surface area contributed by atoms with E-state index in [2.05, 4.69) is 13.2 Å². The molecule has 1 heterocycles. The number of ether oxygens (including phenoxy) is 1. The number of carboxylic acids is 1. The fourth-order valence-electron chi connectivity index (χ4n) is 2.27. The number of urea groups is 1. The summed E-state index contributed by atoms with van der Waals surface area (Å²) in [6.07, 6.45) is 4.93. The van der Waals surface area contributed by atoms with Crippen LogP contribution in [0.3, 0.4) is 0 Å². The lowest BCUT2D eigenvalue weighted by Gasteiger charge is -2.35. The molecule has 1 aliphatic heterocycles. The highest BCUT2D eigenvalue weighted by Gasteiger charge is 2.25. The van der Waals surface area contributed by atoms with E-state index in [1.165, 1.54) is 0 Å². The lowest BCUT2D eigenvalue weighted by atomic mass is 10.1. The number of hydrogen-bond acceptors (Lipinski definition) is 3. The molecule has 0 spiro atoms. The summed E-state index contributed by atoms with van der Waals surface area (Å²) in [5.41, 5.74) is 0. The monoisotopic (exact) mass is 296 g/mol. The Kier molecular flexibility index (Phi) is 7.53. The van der Waals surface area contributed by atoms with Crippen molar-refractivity contribution in [1.82, 2.24) is 9.80 Å². The molecule has 2 amide bonds. The van der Waals surface area contributed by atoms with Crippen molar-refractivity contribution >= 4 is 12.0 Å². The second kappa shape index (κ2) is 9.18. The van der Waals surface area contributed by atoms with Gasteiger partial charge in [-0.05, 0) is 12.8 Å². The van der Waals surface area contributed by atoms with Crippen LogP contribution in [-0.4, -0.2) is 65.8 Å². The molecule has 6 nitrogen and oxygen atoms in total. The lowest BCUT2D eigenvalue weighted by molar-refractivity contribution is -0.138. The van der Waals surface area contributed by atoms with Crippen molar-refractivity contribution in [1.29, 1.82) is 0 Å². The van der Waals surface area contributed by atoms with Crippen molar-refractivity contribution in [2.45, 2.75) is 25.4 Å². The number of aliphatic carboxylic acids is 1. The second-order valence-electron chi connectivity index (χ2n) is 4.97. The lowest BCUT2D eigenvalue weighted by Crippen LogP contribution is -2.48. The van der Waals surface area contributed by atoms with E-state index in [0.29, 0.717) is 26.2 Å². The van der Waals surface area contributed by atoms with Gasteiger partial charge in [0.05, 0.1) is 19.1 Å². The molecule has 0 saturated carbocycles. The van der Waals surface area contributed by atoms with Gasteiger partial charge in [0, 0.05) is 26.2 Å². The summed E-state index contributed by atoms with van der Waals surface area (Å²) in [5.74, 6) is -0.855. The van der Waals surface area contributed by atoms with E-state index in [4.69, 9.17) is 9.84 Å². The van der Waals surface area contributed by atoms with Gasteiger partial charge >= 0.3 is 12.0 Å². The summed E-state index contributed by atoms with van der Waals surface area (Å²) in [7, 11) is 0. The van der Waals surface area contributed by atoms with Gasteiger partial charge in [-0.15, -0.1) is 13.2 Å². The molecule has 118 valence electrons. The minimum absolute atomic E-state index is 0.0150. The quantitative estimate of drug-likeness (QED) is 0.693. The third-order valence-corrected chi connectivity index (χ3v) is 3.35. The third-order valence-electron chi connectivity index (χ3n) is 3.35. The van der Waals surface area contributed by atoms with Crippen LogP contribution in [0.25, 0.3) is 0 Å². The van der Waals surface area contributed by atoms with Crippen molar-refractivity contribution in [2.24, 2.45) is 0 Å². The van der Waals surface area contributed by atoms with Crippen LogP contribution in [0, 0.1) is 0 Å². The highest BCUT2D eigenvalue weighted by atomic mass is 16.5. The molecule has 1 N–H and O–H groups in total. The average Bonchev–Trinajstić information content (AvgIpc) is 2.47. The largest absolute Gasteiger partial charge is 0.481 e. The van der Waals surface area contributed by atoms with Crippen molar-refractivity contribution < 1.29 is 19.4 Å². The Balaban J connectivity index is 2.36. The molecule has 0 bridgehead atoms. The van der Waals surface area contributed by atoms with E-state index >= 15 is 0 Å². The predicted molar refractivity (Wildman–Crippen MR) is 80.2 cm³/mol. The zero-order valence-electron chi connectivity index (χ0n) is 12.4. The summed E-state index contributed by atoms with van der Waals surface area (Å²) >= 11 is 0. The number of carbonyl (C=O) groups excluding carboxylic acids is 1. The van der Waals surface area contributed by atoms with Gasteiger partial charge < -0.3 is 19.6 Å². The molecule has 1 saturated heterocycles. The Morgan fingerprint density at radius 1 is 1.24 bits per heavy atom. The van der Waals surface area contributed by atoms with Gasteiger partial charge in [-0.1, -0.05) is 12.2 Å². The summed E-state index contributed by atoms with van der Waals surface area (Å²) in [4.78, 5) is 26.2. The molecule has 0 aromatic heterocycles. The average molecular weight is 296 g/mol. The van der Waals surface area contributed by atoms with E-state index in [9.17, 15) is 9.59 Å². The van der Waals surface area contributed by atoms with E-state index in [1.807, 2.05) is 0 Å². The SMILES string of the molecule is C=CCN(CC=C)C(=O)N1CCC(OCCC(=O)O)CC1. The van der Waals surface area contributed by atoms with Crippen molar-refractivity contribution in [2.75, 3.05) is 32.8 Å². The Bertz CT molecular complexity index is 366. The molecule has 0 aromatic rings. The van der Waals surface area contributed by atoms with Gasteiger partial charge in [0.25, 0.3) is 0 Å². The maximum Gasteiger partial charge on any atom is 0.320 e. The number of carboxylic acid groups (broad SMARTS) is 1. The van der Waals surface area contributed by atoms with Crippen LogP contribution in [-0.2, 0) is 9.53 Å². The molecular formula is C15H24N2O4. The minimum Gasteiger partial charge on any atom is -0.481 e. The van der Waals surface area contributed by atoms with E-state index in [1.54, 1.807) is 22.0 Å². The predicted octanol–water partition coefficient (Wildman–Crippen LogP) is 1.74. The number of nitrogens with zero attached hydrogens (tertiary/aromatic N) is 2. The van der Waals surface area contributed by atoms with Crippen LogP contribution < -0.4 is 0 Å². The summed E-state index contributed by atoms with van der Waals surface area (Å²) in [5, 5.41) is 8.57. The molecular weight excluding hydrogens is 272 g/mol. The maximum absolute atomic E-state index is 12.3. The van der Waals surface area contributed by atoms with Gasteiger partial charge in [0.15, 0.2) is 0 Å². The topological polar surface area (TPSA) is 70.1 Å². The Morgan fingerprint density at radius 2 is 1.81 bits per heavy atom. The number of amides is 2. The fraction of sp³-hybridized carbons (Fsp3) is 0.600. The Hall–Kier alpha value is -1.82. The summed E-state index contributed by atoms with van der Waals surface area (Å²) in [6, 6.07) is -0.0150. The van der Waals surface area contributed by atoms with Crippen molar-refractivity contribution in [3.05, 3.63) is 25.3 Å². The number of rotatable bonds is 8. The fourth-order valence-corrected chi connectivity index (χ4v) is 2.27. The van der Waals surface area contributed by atoms with Crippen LogP contribution in [0.15, 0.2) is 25.3 Å². The molecule has 0 unspecified atom stereocenters. The van der Waals surface area contributed by atoms with Crippen molar-refractivity contribution in [3.8, 4) is 0 Å². The zero-order chi connectivity index (χ0) is 15.7. The van der Waals surface area contributed by atoms with Crippen molar-refractivity contribution in [3.63, 3.8) is 0 Å². The molecule has 0 aromatic carbocycles. The van der Waals surface area contributed by atoms with Crippen LogP contribution in [0.4, 0.5) is 4.79 Å². The van der Waals surface area contributed by atoms with Gasteiger partial charge in [-0.25, -0.2) is 4.79 Å². The van der Waals surface area contributed by atoms with Gasteiger partial charge in [-0.2, -0.15) is 0 Å². The van der Waals surface area contributed by atoms with Crippen LogP contribution >= 0.6 is 0 Å². The standard InChI is InChI=1S/C15H24N2O4/c1-3-8-16(9-4-2)15(20)17-10-5-13(6-11-17)21-12-7-14(18)19/h3-4,13H,1-2,5-12H2,(H,18,19). The molecule has 6 heteroatoms. The smallest absolute Gasteiger partial charge is 0.320 e.